The Morgan fingerprint density at radius 3 is 2.73 bits per heavy atom. The highest BCUT2D eigenvalue weighted by Gasteiger charge is 2.03. The molecule has 1 aromatic heterocycles. The lowest BCUT2D eigenvalue weighted by molar-refractivity contribution is 1.09. The van der Waals surface area contributed by atoms with Crippen LogP contribution in [0.25, 0.3) is 10.9 Å². The molecule has 1 aromatic carbocycles. The summed E-state index contributed by atoms with van der Waals surface area (Å²) in [5.74, 6) is 1.03. The van der Waals surface area contributed by atoms with Crippen molar-refractivity contribution in [2.75, 3.05) is 11.9 Å². The van der Waals surface area contributed by atoms with Gasteiger partial charge in [0, 0.05) is 11.9 Å². The second-order valence-electron chi connectivity index (χ2n) is 3.57. The van der Waals surface area contributed by atoms with Gasteiger partial charge in [0.25, 0.3) is 0 Å². The van der Waals surface area contributed by atoms with E-state index in [4.69, 9.17) is 0 Å². The van der Waals surface area contributed by atoms with Gasteiger partial charge < -0.3 is 5.32 Å². The molecule has 0 saturated heterocycles. The second kappa shape index (κ2) is 4.30. The monoisotopic (exact) mass is 200 g/mol. The first-order valence-electron chi connectivity index (χ1n) is 5.47. The molecule has 2 aromatic rings. The van der Waals surface area contributed by atoms with Crippen LogP contribution in [0, 0.1) is 0 Å². The molecule has 0 aliphatic heterocycles. The van der Waals surface area contributed by atoms with Gasteiger partial charge in [-0.1, -0.05) is 25.1 Å². The van der Waals surface area contributed by atoms with Gasteiger partial charge in [-0.05, 0) is 31.0 Å². The number of hydrogen-bond donors (Lipinski definition) is 1. The summed E-state index contributed by atoms with van der Waals surface area (Å²) in [6.45, 7) is 5.17. The molecule has 2 rings (SSSR count). The van der Waals surface area contributed by atoms with E-state index in [1.807, 2.05) is 6.07 Å². The maximum atomic E-state index is 4.62. The largest absolute Gasteiger partial charge is 0.370 e. The molecule has 0 aliphatic rings. The molecule has 15 heavy (non-hydrogen) atoms. The molecule has 0 aliphatic carbocycles. The number of anilines is 1. The van der Waals surface area contributed by atoms with Crippen molar-refractivity contribution in [2.45, 2.75) is 20.3 Å². The summed E-state index contributed by atoms with van der Waals surface area (Å²) in [6, 6.07) is 10.5. The van der Waals surface area contributed by atoms with Crippen LogP contribution in [0.4, 0.5) is 5.82 Å². The van der Waals surface area contributed by atoms with E-state index in [1.165, 1.54) is 10.9 Å². The lowest BCUT2D eigenvalue weighted by atomic mass is 10.1. The van der Waals surface area contributed by atoms with E-state index in [0.29, 0.717) is 0 Å². The molecule has 0 amide bonds. The molecule has 78 valence electrons. The number of nitrogens with one attached hydrogen (secondary N) is 1. The van der Waals surface area contributed by atoms with E-state index in [9.17, 15) is 0 Å². The van der Waals surface area contributed by atoms with Crippen molar-refractivity contribution in [1.29, 1.82) is 0 Å². The van der Waals surface area contributed by atoms with Crippen molar-refractivity contribution in [2.24, 2.45) is 0 Å². The Morgan fingerprint density at radius 2 is 2.00 bits per heavy atom. The molecule has 2 heteroatoms. The Kier molecular flexibility index (Phi) is 2.86. The zero-order valence-electron chi connectivity index (χ0n) is 9.25. The molecule has 0 fully saturated rings. The quantitative estimate of drug-likeness (QED) is 0.822. The highest BCUT2D eigenvalue weighted by molar-refractivity contribution is 5.81. The Morgan fingerprint density at radius 1 is 1.20 bits per heavy atom. The van der Waals surface area contributed by atoms with E-state index in [-0.39, 0.29) is 0 Å². The minimum Gasteiger partial charge on any atom is -0.370 e. The topological polar surface area (TPSA) is 24.9 Å². The van der Waals surface area contributed by atoms with Crippen LogP contribution in [0.15, 0.2) is 30.3 Å². The fourth-order valence-electron chi connectivity index (χ4n) is 1.75. The van der Waals surface area contributed by atoms with Crippen molar-refractivity contribution in [3.05, 3.63) is 35.9 Å². The van der Waals surface area contributed by atoms with Crippen molar-refractivity contribution >= 4 is 16.7 Å². The lowest BCUT2D eigenvalue weighted by Crippen LogP contribution is -2.03. The summed E-state index contributed by atoms with van der Waals surface area (Å²) < 4.78 is 0. The van der Waals surface area contributed by atoms with Crippen LogP contribution in [-0.2, 0) is 6.42 Å². The average molecular weight is 200 g/mol. The van der Waals surface area contributed by atoms with Crippen LogP contribution >= 0.6 is 0 Å². The summed E-state index contributed by atoms with van der Waals surface area (Å²) in [5, 5.41) is 4.53. The van der Waals surface area contributed by atoms with Crippen molar-refractivity contribution in [3.63, 3.8) is 0 Å². The smallest absolute Gasteiger partial charge is 0.129 e. The van der Waals surface area contributed by atoms with Crippen LogP contribution < -0.4 is 5.32 Å². The first-order chi connectivity index (χ1) is 7.35. The standard InChI is InChI=1S/C13H16N2/c1-3-10-9-11-7-5-6-8-12(11)15-13(10)14-4-2/h5-9H,3-4H2,1-2H3,(H,14,15). The molecular formula is C13H16N2. The number of fused-ring (bicyclic) bond motifs is 1. The Hall–Kier alpha value is -1.57. The van der Waals surface area contributed by atoms with Gasteiger partial charge in [0.2, 0.25) is 0 Å². The van der Waals surface area contributed by atoms with Crippen LogP contribution in [0.1, 0.15) is 19.4 Å². The van der Waals surface area contributed by atoms with Gasteiger partial charge in [0.15, 0.2) is 0 Å². The minimum absolute atomic E-state index is 0.915. The summed E-state index contributed by atoms with van der Waals surface area (Å²) in [4.78, 5) is 4.62. The number of rotatable bonds is 3. The maximum Gasteiger partial charge on any atom is 0.129 e. The second-order valence-corrected chi connectivity index (χ2v) is 3.57. The van der Waals surface area contributed by atoms with Gasteiger partial charge in [-0.15, -0.1) is 0 Å². The highest BCUT2D eigenvalue weighted by Crippen LogP contribution is 2.20. The van der Waals surface area contributed by atoms with Crippen molar-refractivity contribution < 1.29 is 0 Å². The zero-order chi connectivity index (χ0) is 10.7. The SMILES string of the molecule is CCNc1nc2ccccc2cc1CC. The third-order valence-electron chi connectivity index (χ3n) is 2.53. The average Bonchev–Trinajstić information content (AvgIpc) is 2.28. The van der Waals surface area contributed by atoms with E-state index >= 15 is 0 Å². The number of benzene rings is 1. The molecule has 0 radical (unpaired) electrons. The van der Waals surface area contributed by atoms with Crippen LogP contribution in [0.2, 0.25) is 0 Å². The first kappa shape index (κ1) is 9.97. The fourth-order valence-corrected chi connectivity index (χ4v) is 1.75. The lowest BCUT2D eigenvalue weighted by Gasteiger charge is -2.09. The summed E-state index contributed by atoms with van der Waals surface area (Å²) in [7, 11) is 0. The van der Waals surface area contributed by atoms with Gasteiger partial charge >= 0.3 is 0 Å². The van der Waals surface area contributed by atoms with E-state index < -0.39 is 0 Å². The number of hydrogen-bond acceptors (Lipinski definition) is 2. The predicted molar refractivity (Wildman–Crippen MR) is 65.3 cm³/mol. The molecule has 0 bridgehead atoms. The van der Waals surface area contributed by atoms with E-state index in [1.54, 1.807) is 0 Å². The molecule has 0 spiro atoms. The number of pyridine rings is 1. The van der Waals surface area contributed by atoms with Crippen LogP contribution in [0.3, 0.4) is 0 Å². The van der Waals surface area contributed by atoms with Crippen molar-refractivity contribution in [1.82, 2.24) is 4.98 Å². The Bertz CT molecular complexity index is 463. The number of aromatic nitrogens is 1. The highest BCUT2D eigenvalue weighted by atomic mass is 15.0. The Balaban J connectivity index is 2.58. The van der Waals surface area contributed by atoms with Gasteiger partial charge in [-0.3, -0.25) is 0 Å². The molecule has 0 saturated carbocycles. The molecular weight excluding hydrogens is 184 g/mol. The molecule has 1 heterocycles. The van der Waals surface area contributed by atoms with Crippen molar-refractivity contribution in [3.8, 4) is 0 Å². The van der Waals surface area contributed by atoms with E-state index in [2.05, 4.69) is 48.4 Å². The fraction of sp³-hybridized carbons (Fsp3) is 0.308. The van der Waals surface area contributed by atoms with Gasteiger partial charge in [-0.25, -0.2) is 4.98 Å². The van der Waals surface area contributed by atoms with Gasteiger partial charge in [0.1, 0.15) is 5.82 Å². The molecule has 0 unspecified atom stereocenters. The van der Waals surface area contributed by atoms with E-state index in [0.717, 1.165) is 24.3 Å². The maximum absolute atomic E-state index is 4.62. The summed E-state index contributed by atoms with van der Waals surface area (Å²) in [5.41, 5.74) is 2.35. The number of para-hydroxylation sites is 1. The molecule has 2 nitrogen and oxygen atoms in total. The van der Waals surface area contributed by atoms with Crippen LogP contribution in [-0.4, -0.2) is 11.5 Å². The third-order valence-corrected chi connectivity index (χ3v) is 2.53. The predicted octanol–water partition coefficient (Wildman–Crippen LogP) is 3.23. The summed E-state index contributed by atoms with van der Waals surface area (Å²) >= 11 is 0. The zero-order valence-corrected chi connectivity index (χ0v) is 9.25. The number of nitrogens with zero attached hydrogens (tertiary/aromatic N) is 1. The summed E-state index contributed by atoms with van der Waals surface area (Å²) in [6.07, 6.45) is 1.01. The van der Waals surface area contributed by atoms with Gasteiger partial charge in [0.05, 0.1) is 5.52 Å². The number of aryl methyl sites for hydroxylation is 1. The molecule has 1 N–H and O–H groups in total. The normalized spacial score (nSPS) is 10.5. The Labute approximate surface area is 90.3 Å². The van der Waals surface area contributed by atoms with Gasteiger partial charge in [-0.2, -0.15) is 0 Å². The minimum atomic E-state index is 0.915. The first-order valence-corrected chi connectivity index (χ1v) is 5.47. The molecule has 0 atom stereocenters. The van der Waals surface area contributed by atoms with Crippen LogP contribution in [0.5, 0.6) is 0 Å². The third kappa shape index (κ3) is 1.94.